The van der Waals surface area contributed by atoms with Gasteiger partial charge in [-0.25, -0.2) is 13.4 Å². The van der Waals surface area contributed by atoms with Gasteiger partial charge in [0.25, 0.3) is 0 Å². The number of benzene rings is 2. The summed E-state index contributed by atoms with van der Waals surface area (Å²) >= 11 is 0. The highest BCUT2D eigenvalue weighted by Gasteiger charge is 2.27. The molecule has 3 aromatic rings. The lowest BCUT2D eigenvalue weighted by molar-refractivity contribution is 0.0730. The number of aromatic nitrogens is 2. The Morgan fingerprint density at radius 2 is 1.81 bits per heavy atom. The summed E-state index contributed by atoms with van der Waals surface area (Å²) in [5, 5.41) is 0. The summed E-state index contributed by atoms with van der Waals surface area (Å²) in [6, 6.07) is 11.8. The molecule has 32 heavy (non-hydrogen) atoms. The van der Waals surface area contributed by atoms with E-state index >= 15 is 0 Å². The van der Waals surface area contributed by atoms with Gasteiger partial charge in [-0.2, -0.15) is 4.31 Å². The van der Waals surface area contributed by atoms with Crippen LogP contribution in [0.4, 0.5) is 5.69 Å². The first-order valence-corrected chi connectivity index (χ1v) is 12.7. The van der Waals surface area contributed by atoms with Crippen LogP contribution in [0.25, 0.3) is 11.0 Å². The predicted octanol–water partition coefficient (Wildman–Crippen LogP) is 3.72. The average molecular weight is 457 g/mol. The average Bonchev–Trinajstić information content (AvgIpc) is 3.14. The highest BCUT2D eigenvalue weighted by Crippen LogP contribution is 2.27. The first kappa shape index (κ1) is 22.8. The minimum absolute atomic E-state index is 0.293. The van der Waals surface area contributed by atoms with Crippen LogP contribution >= 0.6 is 0 Å². The van der Waals surface area contributed by atoms with Gasteiger partial charge in [-0.1, -0.05) is 17.7 Å². The summed E-state index contributed by atoms with van der Waals surface area (Å²) in [5.74, 6) is 0.935. The lowest BCUT2D eigenvalue weighted by Crippen LogP contribution is -2.40. The Bertz CT molecular complexity index is 1210. The number of anilines is 1. The first-order valence-electron chi connectivity index (χ1n) is 11.2. The Kier molecular flexibility index (Phi) is 6.55. The fraction of sp³-hybridized carbons (Fsp3) is 0.458. The molecule has 0 spiro atoms. The van der Waals surface area contributed by atoms with Crippen molar-refractivity contribution in [3.8, 4) is 0 Å². The van der Waals surface area contributed by atoms with Crippen LogP contribution < -0.4 is 4.90 Å². The maximum absolute atomic E-state index is 13.1. The quantitative estimate of drug-likeness (QED) is 0.542. The van der Waals surface area contributed by atoms with Gasteiger partial charge in [-0.3, -0.25) is 0 Å². The molecule has 1 aliphatic rings. The molecule has 1 aliphatic heterocycles. The van der Waals surface area contributed by atoms with Crippen molar-refractivity contribution >= 4 is 26.7 Å². The van der Waals surface area contributed by atoms with Gasteiger partial charge in [-0.15, -0.1) is 0 Å². The molecule has 0 aliphatic carbocycles. The van der Waals surface area contributed by atoms with Crippen LogP contribution in [-0.4, -0.2) is 55.1 Å². The van der Waals surface area contributed by atoms with Crippen molar-refractivity contribution in [3.05, 3.63) is 53.3 Å². The van der Waals surface area contributed by atoms with E-state index in [0.717, 1.165) is 24.4 Å². The standard InChI is InChI=1S/C24H32N4O3S/c1-5-26(22-9-7-18(3)15-19(22)4)17-24-25-21-16-20(8-10-23(21)28(24)6-2)32(29,30)27-11-13-31-14-12-27/h7-10,15-16H,5-6,11-14,17H2,1-4H3. The number of morpholine rings is 1. The second-order valence-corrected chi connectivity index (χ2v) is 10.2. The number of fused-ring (bicyclic) bond motifs is 1. The zero-order valence-electron chi connectivity index (χ0n) is 19.3. The molecule has 0 N–H and O–H groups in total. The van der Waals surface area contributed by atoms with Gasteiger partial charge in [0.15, 0.2) is 0 Å². The van der Waals surface area contributed by atoms with Crippen LogP contribution in [0.2, 0.25) is 0 Å². The molecule has 2 aromatic carbocycles. The zero-order valence-corrected chi connectivity index (χ0v) is 20.2. The van der Waals surface area contributed by atoms with Gasteiger partial charge in [0.2, 0.25) is 10.0 Å². The fourth-order valence-electron chi connectivity index (χ4n) is 4.43. The minimum Gasteiger partial charge on any atom is -0.379 e. The SMILES string of the molecule is CCN(Cc1nc2cc(S(=O)(=O)N3CCOCC3)ccc2n1CC)c1ccc(C)cc1C. The van der Waals surface area contributed by atoms with Crippen molar-refractivity contribution in [1.82, 2.24) is 13.9 Å². The number of imidazole rings is 1. The first-order chi connectivity index (χ1) is 15.3. The molecule has 0 saturated carbocycles. The topological polar surface area (TPSA) is 67.7 Å². The van der Waals surface area contributed by atoms with E-state index in [4.69, 9.17) is 9.72 Å². The van der Waals surface area contributed by atoms with E-state index in [9.17, 15) is 8.42 Å². The highest BCUT2D eigenvalue weighted by atomic mass is 32.2. The summed E-state index contributed by atoms with van der Waals surface area (Å²) in [6.07, 6.45) is 0. The normalized spacial score (nSPS) is 15.4. The third-order valence-corrected chi connectivity index (χ3v) is 8.02. The molecule has 1 fully saturated rings. The van der Waals surface area contributed by atoms with Crippen molar-refractivity contribution in [1.29, 1.82) is 0 Å². The van der Waals surface area contributed by atoms with Gasteiger partial charge < -0.3 is 14.2 Å². The van der Waals surface area contributed by atoms with E-state index in [-0.39, 0.29) is 0 Å². The summed E-state index contributed by atoms with van der Waals surface area (Å²) in [4.78, 5) is 7.48. The van der Waals surface area contributed by atoms with Crippen LogP contribution in [-0.2, 0) is 27.8 Å². The molecule has 1 aromatic heterocycles. The Morgan fingerprint density at radius 3 is 2.47 bits per heavy atom. The van der Waals surface area contributed by atoms with E-state index < -0.39 is 10.0 Å². The molecule has 0 unspecified atom stereocenters. The number of ether oxygens (including phenoxy) is 1. The molecular weight excluding hydrogens is 424 g/mol. The van der Waals surface area contributed by atoms with E-state index in [1.165, 1.54) is 21.1 Å². The Balaban J connectivity index is 1.69. The Hall–Kier alpha value is -2.42. The molecule has 7 nitrogen and oxygen atoms in total. The third-order valence-electron chi connectivity index (χ3n) is 6.13. The molecule has 4 rings (SSSR count). The van der Waals surface area contributed by atoms with Gasteiger partial charge in [0.05, 0.1) is 35.7 Å². The minimum atomic E-state index is -3.55. The summed E-state index contributed by atoms with van der Waals surface area (Å²) in [7, 11) is -3.55. The predicted molar refractivity (Wildman–Crippen MR) is 128 cm³/mol. The van der Waals surface area contributed by atoms with Crippen LogP contribution in [0, 0.1) is 13.8 Å². The van der Waals surface area contributed by atoms with Gasteiger partial charge in [-0.05, 0) is 57.5 Å². The van der Waals surface area contributed by atoms with E-state index in [0.29, 0.717) is 43.3 Å². The van der Waals surface area contributed by atoms with Gasteiger partial charge >= 0.3 is 0 Å². The smallest absolute Gasteiger partial charge is 0.243 e. The van der Waals surface area contributed by atoms with Crippen molar-refractivity contribution in [2.45, 2.75) is 45.7 Å². The second kappa shape index (κ2) is 9.21. The van der Waals surface area contributed by atoms with Gasteiger partial charge in [0.1, 0.15) is 5.82 Å². The number of nitrogens with zero attached hydrogens (tertiary/aromatic N) is 4. The second-order valence-electron chi connectivity index (χ2n) is 8.24. The molecule has 172 valence electrons. The van der Waals surface area contributed by atoms with Crippen LogP contribution in [0.3, 0.4) is 0 Å². The Labute approximate surface area is 190 Å². The monoisotopic (exact) mass is 456 g/mol. The van der Waals surface area contributed by atoms with E-state index in [1.54, 1.807) is 12.1 Å². The van der Waals surface area contributed by atoms with Crippen molar-refractivity contribution in [2.24, 2.45) is 0 Å². The lowest BCUT2D eigenvalue weighted by atomic mass is 10.1. The van der Waals surface area contributed by atoms with Crippen molar-refractivity contribution < 1.29 is 13.2 Å². The van der Waals surface area contributed by atoms with Crippen molar-refractivity contribution in [2.75, 3.05) is 37.7 Å². The highest BCUT2D eigenvalue weighted by molar-refractivity contribution is 7.89. The summed E-state index contributed by atoms with van der Waals surface area (Å²) in [6.45, 7) is 12.4. The third kappa shape index (κ3) is 4.27. The summed E-state index contributed by atoms with van der Waals surface area (Å²) in [5.41, 5.74) is 5.36. The molecule has 2 heterocycles. The van der Waals surface area contributed by atoms with Crippen LogP contribution in [0.1, 0.15) is 30.8 Å². The van der Waals surface area contributed by atoms with Crippen molar-refractivity contribution in [3.63, 3.8) is 0 Å². The lowest BCUT2D eigenvalue weighted by Gasteiger charge is -2.26. The zero-order chi connectivity index (χ0) is 22.9. The van der Waals surface area contributed by atoms with Crippen LogP contribution in [0.15, 0.2) is 41.3 Å². The van der Waals surface area contributed by atoms with Crippen LogP contribution in [0.5, 0.6) is 0 Å². The molecule has 0 radical (unpaired) electrons. The number of hydrogen-bond acceptors (Lipinski definition) is 5. The number of rotatable bonds is 7. The molecule has 0 atom stereocenters. The molecule has 0 bridgehead atoms. The maximum atomic E-state index is 13.1. The molecule has 1 saturated heterocycles. The summed E-state index contributed by atoms with van der Waals surface area (Å²) < 4.78 is 35.2. The number of aryl methyl sites for hydroxylation is 3. The molecule has 0 amide bonds. The molecule has 8 heteroatoms. The largest absolute Gasteiger partial charge is 0.379 e. The van der Waals surface area contributed by atoms with E-state index in [1.807, 2.05) is 6.07 Å². The number of hydrogen-bond donors (Lipinski definition) is 0. The molecular formula is C24H32N4O3S. The van der Waals surface area contributed by atoms with E-state index in [2.05, 4.69) is 55.4 Å². The number of sulfonamides is 1. The fourth-order valence-corrected chi connectivity index (χ4v) is 5.86. The van der Waals surface area contributed by atoms with Gasteiger partial charge in [0, 0.05) is 31.9 Å². The maximum Gasteiger partial charge on any atom is 0.243 e. The Morgan fingerprint density at radius 1 is 1.06 bits per heavy atom.